The zero-order chi connectivity index (χ0) is 32.3. The fraction of sp³-hybridized carbons (Fsp3) is 0.250. The summed E-state index contributed by atoms with van der Waals surface area (Å²) in [5, 5.41) is 16.0. The van der Waals surface area contributed by atoms with E-state index >= 15 is 0 Å². The molecule has 0 radical (unpaired) electrons. The van der Waals surface area contributed by atoms with E-state index < -0.39 is 11.7 Å². The highest BCUT2D eigenvalue weighted by Crippen LogP contribution is 2.46. The predicted octanol–water partition coefficient (Wildman–Crippen LogP) is 7.56. The molecule has 10 heteroatoms. The number of nitrogens with one attached hydrogen (secondary N) is 2. The van der Waals surface area contributed by atoms with Crippen LogP contribution in [0.4, 0.5) is 21.9 Å². The average Bonchev–Trinajstić information content (AvgIpc) is 3.75. The van der Waals surface area contributed by atoms with Crippen molar-refractivity contribution >= 4 is 68.2 Å². The molecule has 3 N–H and O–H groups in total. The van der Waals surface area contributed by atoms with Gasteiger partial charge in [0.25, 0.3) is 11.8 Å². The summed E-state index contributed by atoms with van der Waals surface area (Å²) in [6.45, 7) is 6.29. The van der Waals surface area contributed by atoms with Crippen LogP contribution in [0.15, 0.2) is 72.8 Å². The number of rotatable bonds is 4. The summed E-state index contributed by atoms with van der Waals surface area (Å²) in [5.41, 5.74) is 5.07. The number of carbonyl (C=O) groups excluding carboxylic acids is 3. The lowest BCUT2D eigenvalue weighted by Gasteiger charge is -2.20. The first kappa shape index (κ1) is 29.7. The number of carbonyl (C=O) groups is 3. The summed E-state index contributed by atoms with van der Waals surface area (Å²) < 4.78 is 5.30. The van der Waals surface area contributed by atoms with Crippen molar-refractivity contribution in [2.75, 3.05) is 34.1 Å². The number of fused-ring (bicyclic) bond motifs is 6. The minimum Gasteiger partial charge on any atom is -0.507 e. The third-order valence-electron chi connectivity index (χ3n) is 8.60. The lowest BCUT2D eigenvalue weighted by Crippen LogP contribution is -2.30. The Kier molecular flexibility index (Phi) is 7.16. The summed E-state index contributed by atoms with van der Waals surface area (Å²) in [7, 11) is 0. The van der Waals surface area contributed by atoms with Crippen LogP contribution in [0.2, 0.25) is 0 Å². The van der Waals surface area contributed by atoms with E-state index in [1.807, 2.05) is 42.5 Å². The van der Waals surface area contributed by atoms with Crippen molar-refractivity contribution < 1.29 is 24.2 Å². The number of anilines is 3. The molecule has 0 aliphatic carbocycles. The van der Waals surface area contributed by atoms with Gasteiger partial charge in [0.1, 0.15) is 17.0 Å². The molecule has 1 aromatic heterocycles. The van der Waals surface area contributed by atoms with Crippen LogP contribution >= 0.6 is 11.6 Å². The van der Waals surface area contributed by atoms with E-state index in [-0.39, 0.29) is 23.5 Å². The Morgan fingerprint density at radius 2 is 1.67 bits per heavy atom. The number of aromatic nitrogens is 1. The zero-order valence-corrected chi connectivity index (χ0v) is 26.4. The van der Waals surface area contributed by atoms with Gasteiger partial charge in [-0.3, -0.25) is 14.9 Å². The highest BCUT2D eigenvalue weighted by Gasteiger charge is 2.36. The number of alkyl halides is 1. The highest BCUT2D eigenvalue weighted by molar-refractivity contribution is 6.19. The Balaban J connectivity index is 1.14. The van der Waals surface area contributed by atoms with E-state index in [0.29, 0.717) is 48.0 Å². The van der Waals surface area contributed by atoms with Gasteiger partial charge >= 0.3 is 6.09 Å². The molecule has 0 bridgehead atoms. The molecule has 2 aliphatic heterocycles. The first-order valence-electron chi connectivity index (χ1n) is 15.2. The van der Waals surface area contributed by atoms with Crippen molar-refractivity contribution in [1.82, 2.24) is 4.98 Å². The second-order valence-electron chi connectivity index (χ2n) is 12.8. The monoisotopic (exact) mass is 636 g/mol. The fourth-order valence-electron chi connectivity index (χ4n) is 6.60. The van der Waals surface area contributed by atoms with Crippen molar-refractivity contribution in [2.24, 2.45) is 0 Å². The molecule has 0 spiro atoms. The smallest absolute Gasteiger partial charge is 0.412 e. The second kappa shape index (κ2) is 11.1. The van der Waals surface area contributed by atoms with Crippen LogP contribution in [0.25, 0.3) is 21.7 Å². The quantitative estimate of drug-likeness (QED) is 0.176. The van der Waals surface area contributed by atoms with Crippen molar-refractivity contribution in [2.45, 2.75) is 38.7 Å². The number of benzene rings is 4. The van der Waals surface area contributed by atoms with Crippen LogP contribution in [0.1, 0.15) is 58.7 Å². The van der Waals surface area contributed by atoms with Gasteiger partial charge in [-0.05, 0) is 86.2 Å². The molecule has 7 rings (SSSR count). The fourth-order valence-corrected chi connectivity index (χ4v) is 6.85. The van der Waals surface area contributed by atoms with Crippen LogP contribution in [-0.4, -0.2) is 52.6 Å². The number of amides is 3. The lowest BCUT2D eigenvalue weighted by molar-refractivity contribution is 0.0635. The number of phenolic OH excluding ortho intramolecular Hbond substituents is 1. The van der Waals surface area contributed by atoms with E-state index in [4.69, 9.17) is 16.3 Å². The molecule has 0 saturated carbocycles. The molecule has 2 aliphatic rings. The number of phenols is 1. The van der Waals surface area contributed by atoms with Gasteiger partial charge in [0.2, 0.25) is 0 Å². The van der Waals surface area contributed by atoms with E-state index in [1.54, 1.807) is 60.9 Å². The maximum atomic E-state index is 14.0. The molecule has 234 valence electrons. The summed E-state index contributed by atoms with van der Waals surface area (Å²) >= 11 is 6.39. The number of H-pyrrole nitrogens is 1. The number of hydrogen-bond acceptors (Lipinski definition) is 5. The number of hydrogen-bond donors (Lipinski definition) is 3. The molecule has 0 saturated heterocycles. The van der Waals surface area contributed by atoms with Crippen LogP contribution in [0.3, 0.4) is 0 Å². The number of aromatic amines is 1. The minimum absolute atomic E-state index is 0.0681. The molecule has 0 fully saturated rings. The van der Waals surface area contributed by atoms with Gasteiger partial charge in [-0.2, -0.15) is 0 Å². The minimum atomic E-state index is -0.617. The lowest BCUT2D eigenvalue weighted by atomic mass is 9.95. The normalized spacial score (nSPS) is 15.7. The van der Waals surface area contributed by atoms with Gasteiger partial charge in [0, 0.05) is 64.2 Å². The topological polar surface area (TPSA) is 115 Å². The predicted molar refractivity (Wildman–Crippen MR) is 181 cm³/mol. The summed E-state index contributed by atoms with van der Waals surface area (Å²) in [4.78, 5) is 46.4. The largest absolute Gasteiger partial charge is 0.507 e. The molecule has 0 unspecified atom stereocenters. The summed E-state index contributed by atoms with van der Waals surface area (Å²) in [6.07, 6.45) is 0.0796. The van der Waals surface area contributed by atoms with Crippen molar-refractivity contribution in [3.05, 3.63) is 95.2 Å². The van der Waals surface area contributed by atoms with E-state index in [9.17, 15) is 19.5 Å². The van der Waals surface area contributed by atoms with Crippen LogP contribution < -0.4 is 15.1 Å². The van der Waals surface area contributed by atoms with Crippen LogP contribution in [0.5, 0.6) is 5.75 Å². The van der Waals surface area contributed by atoms with E-state index in [0.717, 1.165) is 38.5 Å². The number of nitrogens with zero attached hydrogens (tertiary/aromatic N) is 2. The molecule has 9 nitrogen and oxygen atoms in total. The van der Waals surface area contributed by atoms with Crippen molar-refractivity contribution in [1.29, 1.82) is 0 Å². The molecule has 1 atom stereocenters. The first-order chi connectivity index (χ1) is 22.0. The van der Waals surface area contributed by atoms with Gasteiger partial charge in [-0.15, -0.1) is 11.6 Å². The zero-order valence-electron chi connectivity index (χ0n) is 25.7. The Hall–Kier alpha value is -5.02. The SMILES string of the molecule is CC(C)(C)OC(=O)Nc1ccc(C(=O)N2CCc3c2ccc2[nH]c(C(=O)N4C[C@H](CCl)c5c4cc(O)c4ccccc54)cc32)cc1. The molecule has 4 aromatic carbocycles. The molecule has 5 aromatic rings. The Bertz CT molecular complexity index is 2050. The molecule has 46 heavy (non-hydrogen) atoms. The maximum Gasteiger partial charge on any atom is 0.412 e. The molecule has 3 amide bonds. The van der Waals surface area contributed by atoms with Crippen LogP contribution in [-0.2, 0) is 11.2 Å². The standard InChI is InChI=1S/C36H33ClN4O5/c1-36(2,3)46-35(45)38-22-10-8-20(9-11-22)33(43)40-15-14-23-26-16-28(39-27(26)12-13-29(23)40)34(44)41-19-21(18-37)32-25-7-5-4-6-24(25)31(42)17-30(32)41/h4-13,16-17,21,39,42H,14-15,18-19H2,1-3H3,(H,38,45)/t21-/m0/s1. The Morgan fingerprint density at radius 3 is 2.39 bits per heavy atom. The van der Waals surface area contributed by atoms with Crippen molar-refractivity contribution in [3.8, 4) is 5.75 Å². The second-order valence-corrected chi connectivity index (χ2v) is 13.1. The van der Waals surface area contributed by atoms with Gasteiger partial charge < -0.3 is 24.6 Å². The van der Waals surface area contributed by atoms with E-state index in [1.165, 1.54) is 0 Å². The third kappa shape index (κ3) is 5.10. The molecule has 3 heterocycles. The van der Waals surface area contributed by atoms with E-state index in [2.05, 4.69) is 10.3 Å². The van der Waals surface area contributed by atoms with Gasteiger partial charge in [-0.25, -0.2) is 4.79 Å². The Labute approximate surface area is 270 Å². The Morgan fingerprint density at radius 1 is 0.935 bits per heavy atom. The van der Waals surface area contributed by atoms with Gasteiger partial charge in [0.05, 0.1) is 5.69 Å². The third-order valence-corrected chi connectivity index (χ3v) is 8.97. The van der Waals surface area contributed by atoms with Crippen LogP contribution in [0, 0.1) is 0 Å². The highest BCUT2D eigenvalue weighted by atomic mass is 35.5. The summed E-state index contributed by atoms with van der Waals surface area (Å²) in [6, 6.07) is 21.6. The average molecular weight is 637 g/mol. The number of halogens is 1. The van der Waals surface area contributed by atoms with Gasteiger partial charge in [-0.1, -0.05) is 24.3 Å². The number of ether oxygens (including phenoxy) is 1. The first-order valence-corrected chi connectivity index (χ1v) is 15.7. The number of aromatic hydroxyl groups is 1. The molecular weight excluding hydrogens is 604 g/mol. The van der Waals surface area contributed by atoms with Crippen molar-refractivity contribution in [3.63, 3.8) is 0 Å². The van der Waals surface area contributed by atoms with Gasteiger partial charge in [0.15, 0.2) is 0 Å². The maximum absolute atomic E-state index is 14.0. The molecular formula is C36H33ClN4O5. The summed E-state index contributed by atoms with van der Waals surface area (Å²) in [5.74, 6) is 0.0385.